The Labute approximate surface area is 285 Å². The minimum absolute atomic E-state index is 0.0271. The van der Waals surface area contributed by atoms with Crippen molar-refractivity contribution in [2.24, 2.45) is 0 Å². The molecule has 0 N–H and O–H groups in total. The summed E-state index contributed by atoms with van der Waals surface area (Å²) in [7, 11) is 0. The van der Waals surface area contributed by atoms with E-state index in [1.165, 1.54) is 101 Å². The fourth-order valence-corrected chi connectivity index (χ4v) is 10.8. The predicted molar refractivity (Wildman–Crippen MR) is 210 cm³/mol. The van der Waals surface area contributed by atoms with E-state index < -0.39 is 0 Å². The Morgan fingerprint density at radius 3 is 2.12 bits per heavy atom. The molecule has 0 amide bonds. The number of fused-ring (bicyclic) bond motifs is 12. The van der Waals surface area contributed by atoms with E-state index in [1.807, 2.05) is 22.7 Å². The third-order valence-electron chi connectivity index (χ3n) is 10.8. The van der Waals surface area contributed by atoms with Gasteiger partial charge in [0.2, 0.25) is 0 Å². The molecule has 1 nitrogen and oxygen atoms in total. The first-order chi connectivity index (χ1) is 23.5. The van der Waals surface area contributed by atoms with E-state index in [2.05, 4.69) is 158 Å². The predicted octanol–water partition coefficient (Wildman–Crippen LogP) is 13.5. The summed E-state index contributed by atoms with van der Waals surface area (Å²) in [6.45, 7) is 4.73. The van der Waals surface area contributed by atoms with Crippen LogP contribution in [0, 0.1) is 0 Å². The highest BCUT2D eigenvalue weighted by Gasteiger charge is 2.36. The molecule has 48 heavy (non-hydrogen) atoms. The van der Waals surface area contributed by atoms with Gasteiger partial charge >= 0.3 is 0 Å². The van der Waals surface area contributed by atoms with Crippen LogP contribution >= 0.6 is 22.7 Å². The molecule has 1 aliphatic carbocycles. The van der Waals surface area contributed by atoms with Crippen LogP contribution in [0.4, 0.5) is 0 Å². The summed E-state index contributed by atoms with van der Waals surface area (Å²) in [6, 6.07) is 52.4. The van der Waals surface area contributed by atoms with E-state index in [-0.39, 0.29) is 5.41 Å². The molecule has 0 saturated carbocycles. The topological polar surface area (TPSA) is 4.93 Å². The van der Waals surface area contributed by atoms with Crippen molar-refractivity contribution in [3.05, 3.63) is 151 Å². The zero-order chi connectivity index (χ0) is 31.7. The lowest BCUT2D eigenvalue weighted by Gasteiger charge is -2.21. The molecule has 10 aromatic rings. The second-order valence-electron chi connectivity index (χ2n) is 13.7. The lowest BCUT2D eigenvalue weighted by atomic mass is 9.82. The number of hydrogen-bond donors (Lipinski definition) is 0. The molecule has 0 atom stereocenters. The standard InChI is InChI=1S/C45H29NS2/c1-45(2)37-15-6-3-10-29(37)34-25-40-35(24-38(34)45)30-11-4-7-16-39(30)46(40)27-19-20-32-36-22-26(18-21-42(36)47-43(32)23-27)28-13-9-14-33-31-12-5-8-17-41(31)48-44(28)33/h3-25H,1-2H3. The molecule has 7 aromatic carbocycles. The van der Waals surface area contributed by atoms with Gasteiger partial charge in [0.05, 0.1) is 11.0 Å². The van der Waals surface area contributed by atoms with E-state index in [1.54, 1.807) is 0 Å². The fourth-order valence-electron chi connectivity index (χ4n) is 8.49. The number of hydrogen-bond acceptors (Lipinski definition) is 2. The van der Waals surface area contributed by atoms with Gasteiger partial charge in [-0.25, -0.2) is 0 Å². The van der Waals surface area contributed by atoms with Gasteiger partial charge in [0, 0.05) is 62.2 Å². The number of para-hydroxylation sites is 1. The first-order valence-electron chi connectivity index (χ1n) is 16.6. The number of nitrogens with zero attached hydrogens (tertiary/aromatic N) is 1. The Morgan fingerprint density at radius 2 is 1.19 bits per heavy atom. The summed E-state index contributed by atoms with van der Waals surface area (Å²) in [5, 5.41) is 7.96. The molecule has 0 aliphatic heterocycles. The van der Waals surface area contributed by atoms with Crippen LogP contribution in [0.5, 0.6) is 0 Å². The van der Waals surface area contributed by atoms with Crippen LogP contribution in [0.3, 0.4) is 0 Å². The number of aromatic nitrogens is 1. The second-order valence-corrected chi connectivity index (χ2v) is 15.8. The van der Waals surface area contributed by atoms with Crippen LogP contribution < -0.4 is 0 Å². The maximum atomic E-state index is 2.48. The molecular formula is C45H29NS2. The molecule has 0 unspecified atom stereocenters. The zero-order valence-electron chi connectivity index (χ0n) is 26.5. The Hall–Kier alpha value is -5.22. The molecule has 11 rings (SSSR count). The summed E-state index contributed by atoms with van der Waals surface area (Å²) >= 11 is 3.79. The fraction of sp³-hybridized carbons (Fsp3) is 0.0667. The quantitative estimate of drug-likeness (QED) is 0.176. The van der Waals surface area contributed by atoms with Crippen molar-refractivity contribution in [1.82, 2.24) is 4.57 Å². The lowest BCUT2D eigenvalue weighted by molar-refractivity contribution is 0.661. The van der Waals surface area contributed by atoms with Crippen LogP contribution in [0.1, 0.15) is 25.0 Å². The minimum atomic E-state index is -0.0271. The van der Waals surface area contributed by atoms with E-state index >= 15 is 0 Å². The summed E-state index contributed by atoms with van der Waals surface area (Å²) in [5.41, 5.74) is 11.8. The monoisotopic (exact) mass is 647 g/mol. The van der Waals surface area contributed by atoms with E-state index in [0.717, 1.165) is 0 Å². The highest BCUT2D eigenvalue weighted by Crippen LogP contribution is 2.51. The molecular weight excluding hydrogens is 619 g/mol. The van der Waals surface area contributed by atoms with Crippen molar-refractivity contribution < 1.29 is 0 Å². The van der Waals surface area contributed by atoms with Gasteiger partial charge < -0.3 is 4.57 Å². The summed E-state index contributed by atoms with van der Waals surface area (Å²) in [4.78, 5) is 0. The largest absolute Gasteiger partial charge is 0.309 e. The Balaban J connectivity index is 1.11. The van der Waals surface area contributed by atoms with Gasteiger partial charge in [0.25, 0.3) is 0 Å². The number of rotatable bonds is 2. The van der Waals surface area contributed by atoms with Crippen molar-refractivity contribution >= 4 is 84.8 Å². The van der Waals surface area contributed by atoms with Crippen LogP contribution in [-0.4, -0.2) is 4.57 Å². The second kappa shape index (κ2) is 9.44. The van der Waals surface area contributed by atoms with Gasteiger partial charge in [0.15, 0.2) is 0 Å². The van der Waals surface area contributed by atoms with E-state index in [9.17, 15) is 0 Å². The summed E-state index contributed by atoms with van der Waals surface area (Å²) in [5.74, 6) is 0. The average molecular weight is 648 g/mol. The SMILES string of the molecule is CC1(C)c2ccccc2-c2cc3c(cc21)c1ccccc1n3-c1ccc2c(c1)sc1ccc(-c3cccc4c3sc3ccccc34)cc12. The van der Waals surface area contributed by atoms with E-state index in [4.69, 9.17) is 0 Å². The van der Waals surface area contributed by atoms with Crippen LogP contribution in [0.15, 0.2) is 140 Å². The molecule has 0 bridgehead atoms. The summed E-state index contributed by atoms with van der Waals surface area (Å²) in [6.07, 6.45) is 0. The average Bonchev–Trinajstić information content (AvgIpc) is 3.84. The van der Waals surface area contributed by atoms with Crippen LogP contribution in [0.2, 0.25) is 0 Å². The highest BCUT2D eigenvalue weighted by atomic mass is 32.1. The van der Waals surface area contributed by atoms with Crippen LogP contribution in [-0.2, 0) is 5.41 Å². The maximum Gasteiger partial charge on any atom is 0.0547 e. The molecule has 226 valence electrons. The third kappa shape index (κ3) is 3.50. The maximum absolute atomic E-state index is 2.48. The van der Waals surface area contributed by atoms with Gasteiger partial charge in [-0.3, -0.25) is 0 Å². The van der Waals surface area contributed by atoms with Gasteiger partial charge in [0.1, 0.15) is 0 Å². The lowest BCUT2D eigenvalue weighted by Crippen LogP contribution is -2.14. The number of benzene rings is 7. The number of thiophene rings is 2. The first-order valence-corrected chi connectivity index (χ1v) is 18.2. The summed E-state index contributed by atoms with van der Waals surface area (Å²) < 4.78 is 7.84. The van der Waals surface area contributed by atoms with Gasteiger partial charge in [-0.2, -0.15) is 0 Å². The van der Waals surface area contributed by atoms with Crippen molar-refractivity contribution in [2.45, 2.75) is 19.3 Å². The van der Waals surface area contributed by atoms with Gasteiger partial charge in [-0.1, -0.05) is 105 Å². The Morgan fingerprint density at radius 1 is 0.438 bits per heavy atom. The van der Waals surface area contributed by atoms with Crippen LogP contribution in [0.25, 0.3) is 90.1 Å². The van der Waals surface area contributed by atoms with E-state index in [0.29, 0.717) is 0 Å². The normalized spacial score (nSPS) is 13.8. The van der Waals surface area contributed by atoms with Crippen molar-refractivity contribution in [3.8, 4) is 27.9 Å². The van der Waals surface area contributed by atoms with Crippen molar-refractivity contribution in [3.63, 3.8) is 0 Å². The van der Waals surface area contributed by atoms with Crippen molar-refractivity contribution in [2.75, 3.05) is 0 Å². The molecule has 0 saturated heterocycles. The van der Waals surface area contributed by atoms with Crippen molar-refractivity contribution in [1.29, 1.82) is 0 Å². The highest BCUT2D eigenvalue weighted by molar-refractivity contribution is 7.26. The Bertz CT molecular complexity index is 2980. The molecule has 1 aliphatic rings. The Kier molecular flexibility index (Phi) is 5.27. The molecule has 3 heteroatoms. The molecule has 0 radical (unpaired) electrons. The smallest absolute Gasteiger partial charge is 0.0547 e. The zero-order valence-corrected chi connectivity index (χ0v) is 28.2. The molecule has 0 fully saturated rings. The van der Waals surface area contributed by atoms with Gasteiger partial charge in [-0.05, 0) is 81.9 Å². The first kappa shape index (κ1) is 26.8. The third-order valence-corrected chi connectivity index (χ3v) is 13.2. The minimum Gasteiger partial charge on any atom is -0.309 e. The molecule has 3 heterocycles. The molecule has 0 spiro atoms. The molecule has 3 aromatic heterocycles. The van der Waals surface area contributed by atoms with Gasteiger partial charge in [-0.15, -0.1) is 22.7 Å².